The number of ketones is 1. The molecule has 30 heavy (non-hydrogen) atoms. The molecule has 0 atom stereocenters. The maximum Gasteiger partial charge on any atom is 0.340 e. The fraction of sp³-hybridized carbons (Fsp3) is 0.160. The molecule has 0 unspecified atom stereocenters. The minimum Gasteiger partial charge on any atom is -0.454 e. The average Bonchev–Trinajstić information content (AvgIpc) is 2.74. The van der Waals surface area contributed by atoms with E-state index in [-0.39, 0.29) is 30.3 Å². The molecule has 0 aliphatic carbocycles. The van der Waals surface area contributed by atoms with Crippen LogP contribution in [0.15, 0.2) is 72.8 Å². The summed E-state index contributed by atoms with van der Waals surface area (Å²) in [5.41, 5.74) is 3.74. The van der Waals surface area contributed by atoms with Crippen molar-refractivity contribution in [3.8, 4) is 0 Å². The molecule has 0 aromatic heterocycles. The molecule has 0 aliphatic heterocycles. The molecule has 0 saturated carbocycles. The smallest absolute Gasteiger partial charge is 0.340 e. The SMILES string of the molecule is Cc1ccc(C)c(C(=O)COC(=O)c2ccccc2NC(=O)Cc2ccccc2)c1. The third-order valence-corrected chi connectivity index (χ3v) is 4.66. The van der Waals surface area contributed by atoms with Crippen molar-refractivity contribution in [2.45, 2.75) is 20.3 Å². The maximum atomic E-state index is 12.6. The first-order chi connectivity index (χ1) is 14.4. The van der Waals surface area contributed by atoms with E-state index in [4.69, 9.17) is 4.74 Å². The fourth-order valence-electron chi connectivity index (χ4n) is 3.07. The number of benzene rings is 3. The van der Waals surface area contributed by atoms with Crippen LogP contribution in [0.3, 0.4) is 0 Å². The normalized spacial score (nSPS) is 10.3. The van der Waals surface area contributed by atoms with E-state index in [1.165, 1.54) is 0 Å². The number of amides is 1. The minimum absolute atomic E-state index is 0.190. The van der Waals surface area contributed by atoms with Gasteiger partial charge in [0.15, 0.2) is 6.61 Å². The number of anilines is 1. The van der Waals surface area contributed by atoms with Gasteiger partial charge in [0.25, 0.3) is 0 Å². The lowest BCUT2D eigenvalue weighted by Gasteiger charge is -2.11. The summed E-state index contributed by atoms with van der Waals surface area (Å²) in [6, 6.07) is 21.5. The van der Waals surface area contributed by atoms with Gasteiger partial charge < -0.3 is 10.1 Å². The van der Waals surface area contributed by atoms with Crippen molar-refractivity contribution in [1.29, 1.82) is 0 Å². The first-order valence-corrected chi connectivity index (χ1v) is 9.64. The van der Waals surface area contributed by atoms with Crippen molar-refractivity contribution >= 4 is 23.3 Å². The van der Waals surface area contributed by atoms with Crippen LogP contribution >= 0.6 is 0 Å². The van der Waals surface area contributed by atoms with Gasteiger partial charge in [-0.1, -0.05) is 60.2 Å². The van der Waals surface area contributed by atoms with Gasteiger partial charge >= 0.3 is 5.97 Å². The van der Waals surface area contributed by atoms with Gasteiger partial charge in [-0.05, 0) is 43.2 Å². The summed E-state index contributed by atoms with van der Waals surface area (Å²) in [7, 11) is 0. The van der Waals surface area contributed by atoms with Gasteiger partial charge in [0.2, 0.25) is 11.7 Å². The van der Waals surface area contributed by atoms with Gasteiger partial charge in [-0.25, -0.2) is 4.79 Å². The molecule has 3 aromatic rings. The van der Waals surface area contributed by atoms with Crippen molar-refractivity contribution < 1.29 is 19.1 Å². The highest BCUT2D eigenvalue weighted by Gasteiger charge is 2.17. The lowest BCUT2D eigenvalue weighted by atomic mass is 10.0. The third kappa shape index (κ3) is 5.41. The van der Waals surface area contributed by atoms with Crippen molar-refractivity contribution in [2.24, 2.45) is 0 Å². The Kier molecular flexibility index (Phi) is 6.75. The van der Waals surface area contributed by atoms with Crippen molar-refractivity contribution in [2.75, 3.05) is 11.9 Å². The Morgan fingerprint density at radius 1 is 0.833 bits per heavy atom. The Labute approximate surface area is 175 Å². The van der Waals surface area contributed by atoms with Gasteiger partial charge in [0, 0.05) is 5.56 Å². The molecule has 3 rings (SSSR count). The second-order valence-electron chi connectivity index (χ2n) is 7.07. The predicted octanol–water partition coefficient (Wildman–Crippen LogP) is 4.52. The molecule has 0 radical (unpaired) electrons. The van der Waals surface area contributed by atoms with Crippen LogP contribution in [0.2, 0.25) is 0 Å². The maximum absolute atomic E-state index is 12.6. The largest absolute Gasteiger partial charge is 0.454 e. The van der Waals surface area contributed by atoms with Gasteiger partial charge in [-0.3, -0.25) is 9.59 Å². The number of hydrogen-bond acceptors (Lipinski definition) is 4. The quantitative estimate of drug-likeness (QED) is 0.467. The van der Waals surface area contributed by atoms with E-state index < -0.39 is 5.97 Å². The van der Waals surface area contributed by atoms with E-state index in [9.17, 15) is 14.4 Å². The summed E-state index contributed by atoms with van der Waals surface area (Å²) >= 11 is 0. The topological polar surface area (TPSA) is 72.5 Å². The van der Waals surface area contributed by atoms with E-state index in [1.54, 1.807) is 30.3 Å². The number of esters is 1. The molecule has 0 aliphatic rings. The summed E-state index contributed by atoms with van der Waals surface area (Å²) in [5, 5.41) is 2.75. The minimum atomic E-state index is -0.663. The van der Waals surface area contributed by atoms with Crippen LogP contribution in [0.1, 0.15) is 37.4 Å². The molecule has 0 bridgehead atoms. The third-order valence-electron chi connectivity index (χ3n) is 4.66. The van der Waals surface area contributed by atoms with E-state index in [1.807, 2.05) is 56.3 Å². The molecule has 3 aromatic carbocycles. The molecule has 1 N–H and O–H groups in total. The monoisotopic (exact) mass is 401 g/mol. The molecule has 1 amide bonds. The summed E-state index contributed by atoms with van der Waals surface area (Å²) in [6.07, 6.45) is 0.190. The highest BCUT2D eigenvalue weighted by molar-refractivity contribution is 6.04. The fourth-order valence-corrected chi connectivity index (χ4v) is 3.07. The number of carbonyl (C=O) groups excluding carboxylic acids is 3. The molecule has 5 heteroatoms. The van der Waals surface area contributed by atoms with Gasteiger partial charge in [0.05, 0.1) is 17.7 Å². The van der Waals surface area contributed by atoms with Crippen molar-refractivity contribution in [3.63, 3.8) is 0 Å². The molecular weight excluding hydrogens is 378 g/mol. The van der Waals surface area contributed by atoms with Crippen LogP contribution < -0.4 is 5.32 Å². The summed E-state index contributed by atoms with van der Waals surface area (Å²) in [4.78, 5) is 37.4. The van der Waals surface area contributed by atoms with Crippen LogP contribution in [-0.2, 0) is 16.0 Å². The highest BCUT2D eigenvalue weighted by atomic mass is 16.5. The number of para-hydroxylation sites is 1. The Morgan fingerprint density at radius 3 is 2.30 bits per heavy atom. The zero-order valence-electron chi connectivity index (χ0n) is 17.0. The molecule has 152 valence electrons. The standard InChI is InChI=1S/C25H23NO4/c1-17-12-13-18(2)21(14-17)23(27)16-30-25(29)20-10-6-7-11-22(20)26-24(28)15-19-8-4-3-5-9-19/h3-14H,15-16H2,1-2H3,(H,26,28). The summed E-state index contributed by atoms with van der Waals surface area (Å²) in [5.74, 6) is -1.17. The van der Waals surface area contributed by atoms with E-state index in [0.29, 0.717) is 11.3 Å². The Balaban J connectivity index is 1.66. The van der Waals surface area contributed by atoms with Gasteiger partial charge in [0.1, 0.15) is 0 Å². The van der Waals surface area contributed by atoms with Crippen LogP contribution in [0.5, 0.6) is 0 Å². The number of carbonyl (C=O) groups is 3. The molecule has 0 spiro atoms. The van der Waals surface area contributed by atoms with Crippen LogP contribution in [-0.4, -0.2) is 24.3 Å². The number of nitrogens with one attached hydrogen (secondary N) is 1. The summed E-state index contributed by atoms with van der Waals surface area (Å²) < 4.78 is 5.24. The molecule has 5 nitrogen and oxygen atoms in total. The predicted molar refractivity (Wildman–Crippen MR) is 116 cm³/mol. The number of aryl methyl sites for hydroxylation is 2. The second kappa shape index (κ2) is 9.65. The van der Waals surface area contributed by atoms with Crippen LogP contribution in [0.4, 0.5) is 5.69 Å². The Bertz CT molecular complexity index is 1070. The first-order valence-electron chi connectivity index (χ1n) is 9.64. The Hall–Kier alpha value is -3.73. The Morgan fingerprint density at radius 2 is 1.53 bits per heavy atom. The molecule has 0 saturated heterocycles. The molecule has 0 heterocycles. The average molecular weight is 401 g/mol. The van der Waals surface area contributed by atoms with Crippen LogP contribution in [0.25, 0.3) is 0 Å². The molecular formula is C25H23NO4. The van der Waals surface area contributed by atoms with E-state index in [2.05, 4.69) is 5.32 Å². The van der Waals surface area contributed by atoms with Gasteiger partial charge in [-0.15, -0.1) is 0 Å². The van der Waals surface area contributed by atoms with Crippen LogP contribution in [0, 0.1) is 13.8 Å². The molecule has 0 fully saturated rings. The van der Waals surface area contributed by atoms with E-state index >= 15 is 0 Å². The van der Waals surface area contributed by atoms with Crippen molar-refractivity contribution in [1.82, 2.24) is 0 Å². The van der Waals surface area contributed by atoms with Gasteiger partial charge in [-0.2, -0.15) is 0 Å². The lowest BCUT2D eigenvalue weighted by Crippen LogP contribution is -2.19. The number of Topliss-reactive ketones (excluding diaryl/α,β-unsaturated/α-hetero) is 1. The first kappa shape index (κ1) is 21.0. The zero-order valence-corrected chi connectivity index (χ0v) is 17.0. The highest BCUT2D eigenvalue weighted by Crippen LogP contribution is 2.18. The summed E-state index contributed by atoms with van der Waals surface area (Å²) in [6.45, 7) is 3.37. The number of ether oxygens (including phenoxy) is 1. The number of hydrogen-bond donors (Lipinski definition) is 1. The van der Waals surface area contributed by atoms with Crippen molar-refractivity contribution in [3.05, 3.63) is 101 Å². The second-order valence-corrected chi connectivity index (χ2v) is 7.07. The number of rotatable bonds is 7. The zero-order chi connectivity index (χ0) is 21.5. The van der Waals surface area contributed by atoms with E-state index in [0.717, 1.165) is 16.7 Å². The lowest BCUT2D eigenvalue weighted by molar-refractivity contribution is -0.115.